The van der Waals surface area contributed by atoms with Crippen molar-refractivity contribution in [2.24, 2.45) is 0 Å². The molecular weight excluding hydrogens is 475 g/mol. The van der Waals surface area contributed by atoms with Gasteiger partial charge in [-0.1, -0.05) is 24.3 Å². The van der Waals surface area contributed by atoms with Crippen molar-refractivity contribution in [3.8, 4) is 5.75 Å². The second kappa shape index (κ2) is 10.3. The maximum absolute atomic E-state index is 13.0. The highest BCUT2D eigenvalue weighted by atomic mass is 32.2. The van der Waals surface area contributed by atoms with Crippen LogP contribution in [0.15, 0.2) is 77.7 Å². The third-order valence-corrected chi connectivity index (χ3v) is 5.96. The molecule has 0 atom stereocenters. The summed E-state index contributed by atoms with van der Waals surface area (Å²) >= 11 is 0.718. The number of thioether (sulfide) groups is 1. The molecule has 1 fully saturated rings. The van der Waals surface area contributed by atoms with Gasteiger partial charge in [0.1, 0.15) is 18.2 Å². The molecular formula is C25H17FN2O6S. The molecule has 1 aliphatic rings. The number of nitro benzene ring substituents is 1. The lowest BCUT2D eigenvalue weighted by molar-refractivity contribution is -0.384. The summed E-state index contributed by atoms with van der Waals surface area (Å²) in [4.78, 5) is 48.8. The smallest absolute Gasteiger partial charge is 0.293 e. The fraction of sp³-hybridized carbons (Fsp3) is 0.0800. The maximum atomic E-state index is 13.0. The van der Waals surface area contributed by atoms with Gasteiger partial charge in [-0.15, -0.1) is 0 Å². The molecule has 0 bridgehead atoms. The monoisotopic (exact) mass is 492 g/mol. The molecule has 1 saturated heterocycles. The van der Waals surface area contributed by atoms with Gasteiger partial charge in [0.05, 0.1) is 16.4 Å². The van der Waals surface area contributed by atoms with E-state index in [-0.39, 0.29) is 28.6 Å². The van der Waals surface area contributed by atoms with E-state index >= 15 is 0 Å². The first-order chi connectivity index (χ1) is 16.8. The van der Waals surface area contributed by atoms with Crippen LogP contribution in [0.2, 0.25) is 0 Å². The molecule has 1 heterocycles. The topological polar surface area (TPSA) is 107 Å². The highest BCUT2D eigenvalue weighted by molar-refractivity contribution is 8.18. The Hall–Kier alpha value is -4.31. The average molecular weight is 492 g/mol. The van der Waals surface area contributed by atoms with Gasteiger partial charge in [-0.2, -0.15) is 0 Å². The second-order valence-electron chi connectivity index (χ2n) is 7.48. The van der Waals surface area contributed by atoms with E-state index in [4.69, 9.17) is 4.74 Å². The number of carbonyl (C=O) groups excluding carboxylic acids is 3. The Labute approximate surface area is 203 Å². The lowest BCUT2D eigenvalue weighted by atomic mass is 10.1. The van der Waals surface area contributed by atoms with Crippen LogP contribution in [0.5, 0.6) is 5.75 Å². The number of hydrogen-bond acceptors (Lipinski definition) is 7. The van der Waals surface area contributed by atoms with Gasteiger partial charge in [-0.25, -0.2) is 4.39 Å². The molecule has 3 aromatic rings. The molecule has 0 spiro atoms. The lowest BCUT2D eigenvalue weighted by Gasteiger charge is -2.11. The molecule has 0 aromatic heterocycles. The van der Waals surface area contributed by atoms with Gasteiger partial charge in [0, 0.05) is 17.7 Å². The molecule has 4 rings (SSSR count). The van der Waals surface area contributed by atoms with Crippen molar-refractivity contribution in [1.82, 2.24) is 4.90 Å². The van der Waals surface area contributed by atoms with E-state index < -0.39 is 28.4 Å². The summed E-state index contributed by atoms with van der Waals surface area (Å²) < 4.78 is 18.8. The summed E-state index contributed by atoms with van der Waals surface area (Å²) in [5, 5.41) is 10.2. The normalized spacial score (nSPS) is 14.4. The summed E-state index contributed by atoms with van der Waals surface area (Å²) in [6.07, 6.45) is 1.53. The zero-order valence-electron chi connectivity index (χ0n) is 18.0. The summed E-state index contributed by atoms with van der Waals surface area (Å²) in [5.74, 6) is -0.928. The van der Waals surface area contributed by atoms with E-state index in [0.29, 0.717) is 11.3 Å². The van der Waals surface area contributed by atoms with Crippen LogP contribution in [0.1, 0.15) is 21.5 Å². The van der Waals surface area contributed by atoms with Gasteiger partial charge >= 0.3 is 0 Å². The average Bonchev–Trinajstić information content (AvgIpc) is 3.11. The number of carbonyl (C=O) groups is 3. The van der Waals surface area contributed by atoms with Gasteiger partial charge in [0.15, 0.2) is 5.78 Å². The van der Waals surface area contributed by atoms with E-state index in [9.17, 15) is 28.9 Å². The minimum atomic E-state index is -0.604. The largest absolute Gasteiger partial charge is 0.489 e. The van der Waals surface area contributed by atoms with Crippen molar-refractivity contribution in [3.05, 3.63) is 110 Å². The number of imide groups is 1. The Bertz CT molecular complexity index is 1340. The Kier molecular flexibility index (Phi) is 7.02. The van der Waals surface area contributed by atoms with Gasteiger partial charge in [-0.05, 0) is 65.4 Å². The third-order valence-electron chi connectivity index (χ3n) is 5.05. The minimum absolute atomic E-state index is 0.155. The van der Waals surface area contributed by atoms with Crippen LogP contribution in [-0.2, 0) is 11.4 Å². The van der Waals surface area contributed by atoms with Crippen molar-refractivity contribution in [2.75, 3.05) is 6.54 Å². The molecule has 1 aliphatic heterocycles. The maximum Gasteiger partial charge on any atom is 0.293 e. The molecule has 8 nitrogen and oxygen atoms in total. The standard InChI is InChI=1S/C25H17FN2O6S/c26-19-8-4-16(5-9-19)15-34-21-3-1-2-17(12-21)13-23-24(30)27(25(31)35-23)14-22(29)18-6-10-20(11-7-18)28(32)33/h1-13H,14-15H2/b23-13+. The van der Waals surface area contributed by atoms with Crippen molar-refractivity contribution < 1.29 is 28.4 Å². The molecule has 0 aliphatic carbocycles. The third kappa shape index (κ3) is 5.79. The van der Waals surface area contributed by atoms with Crippen LogP contribution in [0, 0.1) is 15.9 Å². The first kappa shape index (κ1) is 23.8. The first-order valence-electron chi connectivity index (χ1n) is 10.3. The highest BCUT2D eigenvalue weighted by Crippen LogP contribution is 2.33. The van der Waals surface area contributed by atoms with Crippen LogP contribution in [0.4, 0.5) is 14.9 Å². The minimum Gasteiger partial charge on any atom is -0.489 e. The van der Waals surface area contributed by atoms with E-state index in [1.807, 2.05) is 0 Å². The molecule has 10 heteroatoms. The summed E-state index contributed by atoms with van der Waals surface area (Å²) in [5.41, 5.74) is 1.40. The van der Waals surface area contributed by atoms with Gasteiger partial charge in [-0.3, -0.25) is 29.4 Å². The SMILES string of the molecule is O=C(CN1C(=O)S/C(=C/c2cccc(OCc3ccc(F)cc3)c2)C1=O)c1ccc([N+](=O)[O-])cc1. The van der Waals surface area contributed by atoms with Crippen molar-refractivity contribution in [2.45, 2.75) is 6.61 Å². The fourth-order valence-electron chi connectivity index (χ4n) is 3.23. The Morgan fingerprint density at radius 2 is 1.77 bits per heavy atom. The van der Waals surface area contributed by atoms with Gasteiger partial charge in [0.2, 0.25) is 0 Å². The number of ketones is 1. The zero-order chi connectivity index (χ0) is 24.9. The molecule has 0 radical (unpaired) electrons. The van der Waals surface area contributed by atoms with Crippen LogP contribution < -0.4 is 4.74 Å². The highest BCUT2D eigenvalue weighted by Gasteiger charge is 2.36. The molecule has 2 amide bonds. The summed E-state index contributed by atoms with van der Waals surface area (Å²) in [6, 6.07) is 17.8. The fourth-order valence-corrected chi connectivity index (χ4v) is 4.07. The molecule has 0 unspecified atom stereocenters. The molecule has 0 saturated carbocycles. The Morgan fingerprint density at radius 3 is 2.46 bits per heavy atom. The van der Waals surface area contributed by atoms with Crippen molar-refractivity contribution >= 4 is 40.5 Å². The number of halogens is 1. The number of non-ortho nitro benzene ring substituents is 1. The van der Waals surface area contributed by atoms with E-state index in [1.54, 1.807) is 36.4 Å². The molecule has 176 valence electrons. The van der Waals surface area contributed by atoms with E-state index in [2.05, 4.69) is 0 Å². The number of rotatable bonds is 8. The number of benzene rings is 3. The van der Waals surface area contributed by atoms with Crippen molar-refractivity contribution in [1.29, 1.82) is 0 Å². The van der Waals surface area contributed by atoms with Crippen LogP contribution in [0.25, 0.3) is 6.08 Å². The van der Waals surface area contributed by atoms with Crippen molar-refractivity contribution in [3.63, 3.8) is 0 Å². The van der Waals surface area contributed by atoms with Gasteiger partial charge in [0.25, 0.3) is 16.8 Å². The lowest BCUT2D eigenvalue weighted by Crippen LogP contribution is -2.33. The quantitative estimate of drug-likeness (QED) is 0.183. The number of amides is 2. The predicted molar refractivity (Wildman–Crippen MR) is 127 cm³/mol. The van der Waals surface area contributed by atoms with E-state index in [1.165, 1.54) is 42.5 Å². The van der Waals surface area contributed by atoms with Crippen LogP contribution in [-0.4, -0.2) is 33.3 Å². The van der Waals surface area contributed by atoms with Gasteiger partial charge < -0.3 is 4.74 Å². The number of hydrogen-bond donors (Lipinski definition) is 0. The molecule has 0 N–H and O–H groups in total. The second-order valence-corrected chi connectivity index (χ2v) is 8.48. The summed E-state index contributed by atoms with van der Waals surface area (Å²) in [6.45, 7) is -0.244. The first-order valence-corrected chi connectivity index (χ1v) is 11.1. The number of ether oxygens (including phenoxy) is 1. The zero-order valence-corrected chi connectivity index (χ0v) is 18.9. The number of Topliss-reactive ketones (excluding diaryl/α,β-unsaturated/α-hetero) is 1. The Morgan fingerprint density at radius 1 is 1.06 bits per heavy atom. The van der Waals surface area contributed by atoms with E-state index in [0.717, 1.165) is 22.2 Å². The number of nitro groups is 1. The van der Waals surface area contributed by atoms with Crippen LogP contribution in [0.3, 0.4) is 0 Å². The molecule has 3 aromatic carbocycles. The van der Waals surface area contributed by atoms with Crippen LogP contribution >= 0.6 is 11.8 Å². The summed E-state index contributed by atoms with van der Waals surface area (Å²) in [7, 11) is 0. The number of nitrogens with zero attached hydrogens (tertiary/aromatic N) is 2. The molecule has 35 heavy (non-hydrogen) atoms. The predicted octanol–water partition coefficient (Wildman–Crippen LogP) is 5.23. The Balaban J connectivity index is 1.42.